The zero-order valence-corrected chi connectivity index (χ0v) is 12.1. The third kappa shape index (κ3) is 4.80. The molecule has 110 valence electrons. The maximum atomic E-state index is 11.8. The topological polar surface area (TPSA) is 90.5 Å². The minimum Gasteiger partial charge on any atom is -0.391 e. The molecule has 1 aliphatic rings. The Kier molecular flexibility index (Phi) is 5.31. The van der Waals surface area contributed by atoms with Crippen LogP contribution in [-0.4, -0.2) is 48.7 Å². The fourth-order valence-electron chi connectivity index (χ4n) is 1.79. The van der Waals surface area contributed by atoms with E-state index in [2.05, 4.69) is 16.0 Å². The molecule has 1 aliphatic heterocycles. The minimum absolute atomic E-state index is 0.0365. The fraction of sp³-hybridized carbons (Fsp3) is 0.846. The van der Waals surface area contributed by atoms with Gasteiger partial charge in [-0.15, -0.1) is 0 Å². The van der Waals surface area contributed by atoms with E-state index in [4.69, 9.17) is 0 Å². The molecule has 1 fully saturated rings. The molecular formula is C13H25N3O3. The van der Waals surface area contributed by atoms with Gasteiger partial charge in [0.1, 0.15) is 6.04 Å². The number of carbonyl (C=O) groups is 2. The first-order valence-electron chi connectivity index (χ1n) is 6.69. The second-order valence-electron chi connectivity index (χ2n) is 6.18. The van der Waals surface area contributed by atoms with Crippen molar-refractivity contribution in [3.63, 3.8) is 0 Å². The lowest BCUT2D eigenvalue weighted by Gasteiger charge is -2.22. The second-order valence-corrected chi connectivity index (χ2v) is 6.18. The Balaban J connectivity index is 2.34. The molecule has 3 unspecified atom stereocenters. The summed E-state index contributed by atoms with van der Waals surface area (Å²) in [6.45, 7) is 8.74. The molecule has 0 aromatic rings. The van der Waals surface area contributed by atoms with E-state index < -0.39 is 17.6 Å². The van der Waals surface area contributed by atoms with Gasteiger partial charge in [0.05, 0.1) is 6.10 Å². The molecule has 2 amide bonds. The van der Waals surface area contributed by atoms with E-state index >= 15 is 0 Å². The summed E-state index contributed by atoms with van der Waals surface area (Å²) < 4.78 is 0. The lowest BCUT2D eigenvalue weighted by atomic mass is 9.95. The number of hydrogen-bond acceptors (Lipinski definition) is 4. The Labute approximate surface area is 114 Å². The smallest absolute Gasteiger partial charge is 0.242 e. The molecule has 3 atom stereocenters. The van der Waals surface area contributed by atoms with Gasteiger partial charge < -0.3 is 21.1 Å². The molecule has 0 aromatic carbocycles. The van der Waals surface area contributed by atoms with Crippen LogP contribution in [-0.2, 0) is 9.59 Å². The van der Waals surface area contributed by atoms with Gasteiger partial charge in [0.2, 0.25) is 11.8 Å². The number of amides is 2. The highest BCUT2D eigenvalue weighted by atomic mass is 16.3. The Hall–Kier alpha value is -1.14. The van der Waals surface area contributed by atoms with Crippen molar-refractivity contribution < 1.29 is 14.7 Å². The van der Waals surface area contributed by atoms with Gasteiger partial charge in [-0.25, -0.2) is 0 Å². The monoisotopic (exact) mass is 271 g/mol. The van der Waals surface area contributed by atoms with Crippen LogP contribution in [0.15, 0.2) is 0 Å². The van der Waals surface area contributed by atoms with Crippen molar-refractivity contribution in [2.75, 3.05) is 19.6 Å². The second kappa shape index (κ2) is 6.34. The van der Waals surface area contributed by atoms with Crippen molar-refractivity contribution in [1.82, 2.24) is 16.0 Å². The third-order valence-corrected chi connectivity index (χ3v) is 3.26. The molecular weight excluding hydrogens is 246 g/mol. The predicted molar refractivity (Wildman–Crippen MR) is 72.4 cm³/mol. The van der Waals surface area contributed by atoms with E-state index in [1.54, 1.807) is 27.7 Å². The largest absolute Gasteiger partial charge is 0.391 e. The van der Waals surface area contributed by atoms with Gasteiger partial charge in [-0.05, 0) is 6.92 Å². The number of rotatable bonds is 4. The van der Waals surface area contributed by atoms with Gasteiger partial charge in [0, 0.05) is 31.0 Å². The van der Waals surface area contributed by atoms with Gasteiger partial charge in [-0.3, -0.25) is 9.59 Å². The zero-order chi connectivity index (χ0) is 14.6. The molecule has 0 aromatic heterocycles. The molecule has 0 aliphatic carbocycles. The van der Waals surface area contributed by atoms with Crippen LogP contribution >= 0.6 is 0 Å². The van der Waals surface area contributed by atoms with Crippen LogP contribution < -0.4 is 16.0 Å². The molecule has 0 saturated carbocycles. The summed E-state index contributed by atoms with van der Waals surface area (Å²) in [6, 6.07) is -0.571. The highest BCUT2D eigenvalue weighted by molar-refractivity contribution is 5.89. The number of nitrogens with one attached hydrogen (secondary N) is 3. The molecule has 1 heterocycles. The minimum atomic E-state index is -0.571. The zero-order valence-electron chi connectivity index (χ0n) is 12.1. The van der Waals surface area contributed by atoms with Crippen LogP contribution in [0.4, 0.5) is 0 Å². The Morgan fingerprint density at radius 3 is 2.47 bits per heavy atom. The quantitative estimate of drug-likeness (QED) is 0.541. The van der Waals surface area contributed by atoms with E-state index in [1.165, 1.54) is 0 Å². The molecule has 4 N–H and O–H groups in total. The van der Waals surface area contributed by atoms with Gasteiger partial charge >= 0.3 is 0 Å². The highest BCUT2D eigenvalue weighted by Gasteiger charge is 2.27. The normalized spacial score (nSPS) is 24.9. The molecule has 0 spiro atoms. The van der Waals surface area contributed by atoms with E-state index in [-0.39, 0.29) is 17.7 Å². The van der Waals surface area contributed by atoms with Crippen molar-refractivity contribution in [3.05, 3.63) is 0 Å². The van der Waals surface area contributed by atoms with Crippen LogP contribution in [0.25, 0.3) is 0 Å². The Morgan fingerprint density at radius 2 is 2.00 bits per heavy atom. The fourth-order valence-corrected chi connectivity index (χ4v) is 1.79. The summed E-state index contributed by atoms with van der Waals surface area (Å²) in [5.74, 6) is -0.344. The van der Waals surface area contributed by atoms with Gasteiger partial charge in [0.15, 0.2) is 0 Å². The summed E-state index contributed by atoms with van der Waals surface area (Å²) >= 11 is 0. The Bertz CT molecular complexity index is 339. The molecule has 1 rings (SSSR count). The number of β-amino-alcohol motifs (C(OH)–C–C–N with tert-alkyl or cyclic N) is 1. The summed E-state index contributed by atoms with van der Waals surface area (Å²) in [7, 11) is 0. The van der Waals surface area contributed by atoms with E-state index in [0.717, 1.165) is 0 Å². The predicted octanol–water partition coefficient (Wildman–Crippen LogP) is -0.766. The van der Waals surface area contributed by atoms with Crippen molar-refractivity contribution in [2.24, 2.45) is 11.3 Å². The van der Waals surface area contributed by atoms with Crippen molar-refractivity contribution in [1.29, 1.82) is 0 Å². The van der Waals surface area contributed by atoms with Crippen LogP contribution in [0, 0.1) is 11.3 Å². The van der Waals surface area contributed by atoms with Gasteiger partial charge in [-0.1, -0.05) is 20.8 Å². The molecule has 6 nitrogen and oxygen atoms in total. The van der Waals surface area contributed by atoms with Crippen molar-refractivity contribution >= 4 is 11.8 Å². The molecule has 0 bridgehead atoms. The maximum absolute atomic E-state index is 11.8. The Morgan fingerprint density at radius 1 is 1.37 bits per heavy atom. The highest BCUT2D eigenvalue weighted by Crippen LogP contribution is 2.13. The van der Waals surface area contributed by atoms with Crippen LogP contribution in [0.1, 0.15) is 27.7 Å². The first kappa shape index (κ1) is 15.9. The van der Waals surface area contributed by atoms with Gasteiger partial charge in [0.25, 0.3) is 0 Å². The van der Waals surface area contributed by atoms with Crippen LogP contribution in [0.5, 0.6) is 0 Å². The molecule has 1 saturated heterocycles. The van der Waals surface area contributed by atoms with E-state index in [0.29, 0.717) is 19.6 Å². The number of aliphatic hydroxyl groups excluding tert-OH is 1. The van der Waals surface area contributed by atoms with Crippen molar-refractivity contribution in [2.45, 2.75) is 39.8 Å². The SMILES string of the molecule is CC(NC(=O)C(C)(C)C)C(=O)NCC1CNCC1O. The van der Waals surface area contributed by atoms with Crippen LogP contribution in [0.2, 0.25) is 0 Å². The lowest BCUT2D eigenvalue weighted by molar-refractivity contribution is -0.133. The molecule has 6 heteroatoms. The summed E-state index contributed by atoms with van der Waals surface area (Å²) in [4.78, 5) is 23.6. The first-order chi connectivity index (χ1) is 8.71. The van der Waals surface area contributed by atoms with Crippen molar-refractivity contribution in [3.8, 4) is 0 Å². The summed E-state index contributed by atoms with van der Waals surface area (Å²) in [5.41, 5.74) is -0.514. The molecule has 19 heavy (non-hydrogen) atoms. The number of aliphatic hydroxyl groups is 1. The summed E-state index contributed by atoms with van der Waals surface area (Å²) in [6.07, 6.45) is -0.417. The third-order valence-electron chi connectivity index (χ3n) is 3.26. The number of carbonyl (C=O) groups excluding carboxylic acids is 2. The lowest BCUT2D eigenvalue weighted by Crippen LogP contribution is -2.49. The number of hydrogen-bond donors (Lipinski definition) is 4. The first-order valence-corrected chi connectivity index (χ1v) is 6.69. The maximum Gasteiger partial charge on any atom is 0.242 e. The van der Waals surface area contributed by atoms with E-state index in [1.807, 2.05) is 0 Å². The van der Waals surface area contributed by atoms with E-state index in [9.17, 15) is 14.7 Å². The molecule has 0 radical (unpaired) electrons. The van der Waals surface area contributed by atoms with Crippen LogP contribution in [0.3, 0.4) is 0 Å². The summed E-state index contributed by atoms with van der Waals surface area (Å²) in [5, 5.41) is 18.1. The average molecular weight is 271 g/mol. The standard InChI is InChI=1S/C13H25N3O3/c1-8(16-12(19)13(2,3)4)11(18)15-6-9-5-14-7-10(9)17/h8-10,14,17H,5-7H2,1-4H3,(H,15,18)(H,16,19). The average Bonchev–Trinajstić information content (AvgIpc) is 2.70. The van der Waals surface area contributed by atoms with Gasteiger partial charge in [-0.2, -0.15) is 0 Å².